The van der Waals surface area contributed by atoms with Crippen molar-refractivity contribution in [3.63, 3.8) is 0 Å². The Labute approximate surface area is 182 Å². The number of aliphatic imine (C=N–C) groups is 1. The van der Waals surface area contributed by atoms with Crippen LogP contribution in [0.5, 0.6) is 5.75 Å². The third-order valence-electron chi connectivity index (χ3n) is 4.57. The molecule has 4 rings (SSSR count). The van der Waals surface area contributed by atoms with Crippen LogP contribution in [0.2, 0.25) is 0 Å². The van der Waals surface area contributed by atoms with Crippen molar-refractivity contribution >= 4 is 40.3 Å². The molecule has 0 atom stereocenters. The molecule has 2 aromatic carbocycles. The van der Waals surface area contributed by atoms with Gasteiger partial charge >= 0.3 is 0 Å². The number of nitrogens with zero attached hydrogens (tertiary/aromatic N) is 3. The van der Waals surface area contributed by atoms with Crippen LogP contribution in [0, 0.1) is 10.1 Å². The molecule has 31 heavy (non-hydrogen) atoms. The first kappa shape index (κ1) is 20.4. The van der Waals surface area contributed by atoms with Gasteiger partial charge in [0, 0.05) is 19.2 Å². The number of nitro benzene ring substituents is 1. The quantitative estimate of drug-likeness (QED) is 0.314. The van der Waals surface area contributed by atoms with Gasteiger partial charge in [0.1, 0.15) is 17.3 Å². The molecule has 9 heteroatoms. The van der Waals surface area contributed by atoms with E-state index in [1.165, 1.54) is 22.7 Å². The number of carbonyl (C=O) groups is 1. The van der Waals surface area contributed by atoms with Crippen molar-refractivity contribution in [1.29, 1.82) is 0 Å². The molecule has 1 fully saturated rings. The second kappa shape index (κ2) is 8.49. The average Bonchev–Trinajstić information content (AvgIpc) is 3.35. The van der Waals surface area contributed by atoms with Gasteiger partial charge in [-0.05, 0) is 54.2 Å². The van der Waals surface area contributed by atoms with Gasteiger partial charge in [0.25, 0.3) is 11.6 Å². The number of hydrogen-bond acceptors (Lipinski definition) is 7. The van der Waals surface area contributed by atoms with Crippen LogP contribution in [-0.4, -0.2) is 35.1 Å². The Kier molecular flexibility index (Phi) is 5.59. The van der Waals surface area contributed by atoms with E-state index in [4.69, 9.17) is 9.15 Å². The Hall–Kier alpha value is -3.85. The molecule has 1 saturated heterocycles. The maximum absolute atomic E-state index is 12.6. The fourth-order valence-corrected chi connectivity index (χ4v) is 3.93. The maximum Gasteiger partial charge on any atom is 0.280 e. The topological polar surface area (TPSA) is 98.2 Å². The monoisotopic (exact) mass is 435 g/mol. The van der Waals surface area contributed by atoms with Crippen molar-refractivity contribution in [2.24, 2.45) is 4.99 Å². The summed E-state index contributed by atoms with van der Waals surface area (Å²) in [4.78, 5) is 29.9. The molecule has 0 aliphatic carbocycles. The van der Waals surface area contributed by atoms with Crippen molar-refractivity contribution in [3.8, 4) is 17.1 Å². The molecule has 1 aliphatic heterocycles. The van der Waals surface area contributed by atoms with Gasteiger partial charge in [0.2, 0.25) is 0 Å². The maximum atomic E-state index is 12.6. The lowest BCUT2D eigenvalue weighted by Crippen LogP contribution is -2.23. The number of methoxy groups -OCH3 is 1. The number of carbonyl (C=O) groups excluding carboxylic acids is 1. The zero-order valence-corrected chi connectivity index (χ0v) is 17.5. The molecule has 0 radical (unpaired) electrons. The third kappa shape index (κ3) is 4.22. The summed E-state index contributed by atoms with van der Waals surface area (Å²) >= 11 is 1.23. The smallest absolute Gasteiger partial charge is 0.280 e. The van der Waals surface area contributed by atoms with Crippen LogP contribution in [0.4, 0.5) is 11.4 Å². The molecule has 0 bridgehead atoms. The third-order valence-corrected chi connectivity index (χ3v) is 5.63. The highest BCUT2D eigenvalue weighted by Gasteiger charge is 2.30. The molecule has 0 unspecified atom stereocenters. The molecule has 0 saturated carbocycles. The molecule has 8 nitrogen and oxygen atoms in total. The van der Waals surface area contributed by atoms with E-state index in [9.17, 15) is 14.9 Å². The van der Waals surface area contributed by atoms with E-state index in [-0.39, 0.29) is 11.6 Å². The summed E-state index contributed by atoms with van der Waals surface area (Å²) in [6, 6.07) is 16.9. The van der Waals surface area contributed by atoms with Gasteiger partial charge in [-0.25, -0.2) is 4.99 Å². The largest absolute Gasteiger partial charge is 0.497 e. The number of amidine groups is 1. The molecular weight excluding hydrogens is 418 g/mol. The van der Waals surface area contributed by atoms with Gasteiger partial charge in [0.15, 0.2) is 5.17 Å². The van der Waals surface area contributed by atoms with Crippen LogP contribution in [0.15, 0.2) is 75.0 Å². The average molecular weight is 435 g/mol. The lowest BCUT2D eigenvalue weighted by Gasteiger charge is -2.07. The first-order chi connectivity index (χ1) is 15.0. The molecule has 0 N–H and O–H groups in total. The Bertz CT molecular complexity index is 1210. The van der Waals surface area contributed by atoms with Crippen LogP contribution in [-0.2, 0) is 4.79 Å². The minimum absolute atomic E-state index is 0.0454. The molecule has 0 spiro atoms. The zero-order valence-electron chi connectivity index (χ0n) is 16.6. The number of ether oxygens (including phenoxy) is 1. The van der Waals surface area contributed by atoms with Crippen molar-refractivity contribution in [3.05, 3.63) is 81.4 Å². The molecular formula is C22H17N3O5S. The summed E-state index contributed by atoms with van der Waals surface area (Å²) in [5.41, 5.74) is 1.03. The number of rotatable bonds is 5. The number of thioether (sulfide) groups is 1. The fraction of sp³-hybridized carbons (Fsp3) is 0.0909. The highest BCUT2D eigenvalue weighted by molar-refractivity contribution is 8.18. The van der Waals surface area contributed by atoms with E-state index in [1.54, 1.807) is 74.8 Å². The highest BCUT2D eigenvalue weighted by atomic mass is 32.2. The second-order valence-corrected chi connectivity index (χ2v) is 7.55. The van der Waals surface area contributed by atoms with Crippen LogP contribution in [0.3, 0.4) is 0 Å². The molecule has 156 valence electrons. The number of nitro groups is 1. The molecule has 1 aromatic heterocycles. The Morgan fingerprint density at radius 3 is 2.58 bits per heavy atom. The van der Waals surface area contributed by atoms with Gasteiger partial charge in [-0.1, -0.05) is 12.1 Å². The lowest BCUT2D eigenvalue weighted by atomic mass is 10.1. The van der Waals surface area contributed by atoms with Crippen LogP contribution in [0.25, 0.3) is 17.4 Å². The first-order valence-corrected chi connectivity index (χ1v) is 10.0. The summed E-state index contributed by atoms with van der Waals surface area (Å²) in [6.07, 6.45) is 1.61. The van der Waals surface area contributed by atoms with Gasteiger partial charge in [-0.2, -0.15) is 0 Å². The second-order valence-electron chi connectivity index (χ2n) is 6.54. The minimum Gasteiger partial charge on any atom is -0.497 e. The van der Waals surface area contributed by atoms with Crippen LogP contribution >= 0.6 is 11.8 Å². The standard InChI is InChI=1S/C22H17N3O5S/c1-24-21(26)20(31-22(24)23-14-7-9-15(29-2)10-8-14)13-16-11-12-19(30-16)17-5-3-4-6-18(17)25(27)28/h3-13H,1-2H3/b20-13-,23-22?. The fourth-order valence-electron chi connectivity index (χ4n) is 2.96. The molecule has 1 amide bonds. The van der Waals surface area contributed by atoms with E-state index in [1.807, 2.05) is 0 Å². The minimum atomic E-state index is -0.455. The predicted octanol–water partition coefficient (Wildman–Crippen LogP) is 5.10. The van der Waals surface area contributed by atoms with E-state index in [2.05, 4.69) is 4.99 Å². The summed E-state index contributed by atoms with van der Waals surface area (Å²) in [6.45, 7) is 0. The van der Waals surface area contributed by atoms with E-state index >= 15 is 0 Å². The van der Waals surface area contributed by atoms with Gasteiger partial charge in [-0.15, -0.1) is 0 Å². The van der Waals surface area contributed by atoms with Crippen molar-refractivity contribution in [2.75, 3.05) is 14.2 Å². The summed E-state index contributed by atoms with van der Waals surface area (Å²) in [7, 11) is 3.24. The van der Waals surface area contributed by atoms with Gasteiger partial charge in [-0.3, -0.25) is 19.8 Å². The normalized spacial score (nSPS) is 16.3. The number of likely N-dealkylation sites (N-methyl/N-ethyl adjacent to an activating group) is 1. The van der Waals surface area contributed by atoms with Crippen LogP contribution < -0.4 is 4.74 Å². The van der Waals surface area contributed by atoms with E-state index < -0.39 is 4.92 Å². The Morgan fingerprint density at radius 2 is 1.87 bits per heavy atom. The number of furan rings is 1. The SMILES string of the molecule is COc1ccc(N=C2S/C(=C\c3ccc(-c4ccccc4[N+](=O)[O-])o3)C(=O)N2C)cc1. The first-order valence-electron chi connectivity index (χ1n) is 9.20. The zero-order chi connectivity index (χ0) is 22.0. The van der Waals surface area contributed by atoms with Crippen molar-refractivity contribution in [1.82, 2.24) is 4.90 Å². The summed E-state index contributed by atoms with van der Waals surface area (Å²) in [5.74, 6) is 1.29. The van der Waals surface area contributed by atoms with E-state index in [0.29, 0.717) is 32.8 Å². The van der Waals surface area contributed by atoms with Crippen LogP contribution in [0.1, 0.15) is 5.76 Å². The van der Waals surface area contributed by atoms with Gasteiger partial charge < -0.3 is 9.15 Å². The number of para-hydroxylation sites is 1. The summed E-state index contributed by atoms with van der Waals surface area (Å²) in [5, 5.41) is 11.8. The molecule has 2 heterocycles. The predicted molar refractivity (Wildman–Crippen MR) is 119 cm³/mol. The molecule has 1 aliphatic rings. The van der Waals surface area contributed by atoms with Gasteiger partial charge in [0.05, 0.1) is 28.2 Å². The molecule has 3 aromatic rings. The number of amides is 1. The number of benzene rings is 2. The number of hydrogen-bond donors (Lipinski definition) is 0. The summed E-state index contributed by atoms with van der Waals surface area (Å²) < 4.78 is 10.9. The highest BCUT2D eigenvalue weighted by Crippen LogP contribution is 2.35. The van der Waals surface area contributed by atoms with E-state index in [0.717, 1.165) is 5.75 Å². The van der Waals surface area contributed by atoms with Crippen molar-refractivity contribution in [2.45, 2.75) is 0 Å². The lowest BCUT2D eigenvalue weighted by molar-refractivity contribution is -0.384. The van der Waals surface area contributed by atoms with Crippen molar-refractivity contribution < 1.29 is 18.9 Å². The Balaban J connectivity index is 1.59. The Morgan fingerprint density at radius 1 is 1.13 bits per heavy atom.